The number of fused-ring (bicyclic) bond motifs is 1. The van der Waals surface area contributed by atoms with Crippen molar-refractivity contribution in [2.24, 2.45) is 0 Å². The smallest absolute Gasteiger partial charge is 0.160 e. The van der Waals surface area contributed by atoms with Gasteiger partial charge in [0.25, 0.3) is 0 Å². The second-order valence-corrected chi connectivity index (χ2v) is 4.97. The van der Waals surface area contributed by atoms with Gasteiger partial charge in [0, 0.05) is 51.9 Å². The molecule has 0 amide bonds. The van der Waals surface area contributed by atoms with Gasteiger partial charge in [-0.1, -0.05) is 6.92 Å². The average molecular weight is 259 g/mol. The maximum Gasteiger partial charge on any atom is 0.160 e. The van der Waals surface area contributed by atoms with Crippen molar-refractivity contribution in [1.82, 2.24) is 24.8 Å². The summed E-state index contributed by atoms with van der Waals surface area (Å²) in [4.78, 5) is 11.7. The molecular weight excluding hydrogens is 238 g/mol. The minimum atomic E-state index is 0.956. The Morgan fingerprint density at radius 3 is 2.89 bits per heavy atom. The Balaban J connectivity index is 1.78. The monoisotopic (exact) mass is 259 g/mol. The fourth-order valence-electron chi connectivity index (χ4n) is 2.69. The summed E-state index contributed by atoms with van der Waals surface area (Å²) >= 11 is 0. The van der Waals surface area contributed by atoms with Crippen LogP contribution in [0.3, 0.4) is 0 Å². The lowest BCUT2D eigenvalue weighted by Crippen LogP contribution is -2.44. The van der Waals surface area contributed by atoms with Crippen LogP contribution in [0.2, 0.25) is 0 Å². The third-order valence-electron chi connectivity index (χ3n) is 3.75. The van der Waals surface area contributed by atoms with E-state index in [9.17, 15) is 0 Å². The Morgan fingerprint density at radius 2 is 2.11 bits per heavy atom. The molecule has 1 aliphatic rings. The lowest BCUT2D eigenvalue weighted by molar-refractivity contribution is 0.232. The molecule has 0 aliphatic carbocycles. The predicted octanol–water partition coefficient (Wildman–Crippen LogP) is 0.899. The van der Waals surface area contributed by atoms with Gasteiger partial charge < -0.3 is 9.88 Å². The van der Waals surface area contributed by atoms with Crippen LogP contribution in [0.15, 0.2) is 18.3 Å². The average Bonchev–Trinajstić information content (AvgIpc) is 2.84. The molecule has 5 heteroatoms. The number of aromatic nitrogens is 3. The zero-order valence-electron chi connectivity index (χ0n) is 11.5. The standard InChI is InChI=1S/C14H21N5/c1-2-13-17-12-4-3-5-16-14(12)19(13)11-10-18-8-6-15-7-9-18/h3-5,15H,2,6-11H2,1H3. The number of nitrogens with zero attached hydrogens (tertiary/aromatic N) is 4. The zero-order chi connectivity index (χ0) is 13.1. The van der Waals surface area contributed by atoms with Crippen molar-refractivity contribution in [3.63, 3.8) is 0 Å². The lowest BCUT2D eigenvalue weighted by atomic mass is 10.3. The molecular formula is C14H21N5. The van der Waals surface area contributed by atoms with Gasteiger partial charge in [-0.05, 0) is 12.1 Å². The Morgan fingerprint density at radius 1 is 1.26 bits per heavy atom. The van der Waals surface area contributed by atoms with Crippen LogP contribution < -0.4 is 5.32 Å². The normalized spacial score (nSPS) is 17.1. The van der Waals surface area contributed by atoms with Crippen LogP contribution in [0.25, 0.3) is 11.2 Å². The van der Waals surface area contributed by atoms with E-state index in [1.54, 1.807) is 0 Å². The van der Waals surface area contributed by atoms with E-state index in [0.29, 0.717) is 0 Å². The molecule has 0 radical (unpaired) electrons. The van der Waals surface area contributed by atoms with Crippen molar-refractivity contribution in [3.8, 4) is 0 Å². The number of piperazine rings is 1. The van der Waals surface area contributed by atoms with E-state index >= 15 is 0 Å². The van der Waals surface area contributed by atoms with E-state index in [-0.39, 0.29) is 0 Å². The highest BCUT2D eigenvalue weighted by Crippen LogP contribution is 2.14. The third-order valence-corrected chi connectivity index (χ3v) is 3.75. The SMILES string of the molecule is CCc1nc2cccnc2n1CCN1CCNCC1. The molecule has 3 heterocycles. The van der Waals surface area contributed by atoms with E-state index < -0.39 is 0 Å². The maximum absolute atomic E-state index is 4.66. The summed E-state index contributed by atoms with van der Waals surface area (Å²) in [5, 5.41) is 3.39. The number of hydrogen-bond acceptors (Lipinski definition) is 4. The number of aryl methyl sites for hydroxylation is 1. The molecule has 0 aromatic carbocycles. The van der Waals surface area contributed by atoms with E-state index in [1.165, 1.54) is 0 Å². The number of nitrogens with one attached hydrogen (secondary N) is 1. The Kier molecular flexibility index (Phi) is 3.75. The van der Waals surface area contributed by atoms with Gasteiger partial charge in [0.05, 0.1) is 0 Å². The molecule has 2 aromatic heterocycles. The molecule has 3 rings (SSSR count). The highest BCUT2D eigenvalue weighted by molar-refractivity contribution is 5.71. The minimum Gasteiger partial charge on any atom is -0.314 e. The molecule has 5 nitrogen and oxygen atoms in total. The molecule has 102 valence electrons. The first kappa shape index (κ1) is 12.6. The first-order valence-electron chi connectivity index (χ1n) is 7.11. The van der Waals surface area contributed by atoms with E-state index in [2.05, 4.69) is 31.7 Å². The molecule has 19 heavy (non-hydrogen) atoms. The van der Waals surface area contributed by atoms with Crippen molar-refractivity contribution in [2.45, 2.75) is 19.9 Å². The number of hydrogen-bond donors (Lipinski definition) is 1. The molecule has 0 spiro atoms. The Hall–Kier alpha value is -1.46. The zero-order valence-corrected chi connectivity index (χ0v) is 11.5. The van der Waals surface area contributed by atoms with Gasteiger partial charge >= 0.3 is 0 Å². The van der Waals surface area contributed by atoms with Crippen LogP contribution in [-0.4, -0.2) is 52.2 Å². The summed E-state index contributed by atoms with van der Waals surface area (Å²) in [7, 11) is 0. The molecule has 0 atom stereocenters. The Bertz CT molecular complexity index is 542. The predicted molar refractivity (Wildman–Crippen MR) is 76.2 cm³/mol. The van der Waals surface area contributed by atoms with E-state index in [0.717, 1.165) is 62.7 Å². The molecule has 1 aliphatic heterocycles. The van der Waals surface area contributed by atoms with Crippen LogP contribution in [0, 0.1) is 0 Å². The van der Waals surface area contributed by atoms with Gasteiger partial charge in [-0.25, -0.2) is 9.97 Å². The summed E-state index contributed by atoms with van der Waals surface area (Å²) in [5.41, 5.74) is 2.04. The summed E-state index contributed by atoms with van der Waals surface area (Å²) in [6, 6.07) is 4.00. The second kappa shape index (κ2) is 5.67. The molecule has 1 saturated heterocycles. The van der Waals surface area contributed by atoms with Gasteiger partial charge in [0.15, 0.2) is 5.65 Å². The molecule has 2 aromatic rings. The van der Waals surface area contributed by atoms with Crippen LogP contribution in [-0.2, 0) is 13.0 Å². The highest BCUT2D eigenvalue weighted by atomic mass is 15.2. The molecule has 1 fully saturated rings. The fraction of sp³-hybridized carbons (Fsp3) is 0.571. The number of imidazole rings is 1. The molecule has 0 unspecified atom stereocenters. The van der Waals surface area contributed by atoms with E-state index in [1.807, 2.05) is 18.3 Å². The van der Waals surface area contributed by atoms with Crippen LogP contribution in [0.4, 0.5) is 0 Å². The first-order valence-corrected chi connectivity index (χ1v) is 7.11. The van der Waals surface area contributed by atoms with Crippen LogP contribution in [0.5, 0.6) is 0 Å². The summed E-state index contributed by atoms with van der Waals surface area (Å²) in [6.07, 6.45) is 2.81. The van der Waals surface area contributed by atoms with Gasteiger partial charge in [0.1, 0.15) is 11.3 Å². The lowest BCUT2D eigenvalue weighted by Gasteiger charge is -2.27. The molecule has 0 bridgehead atoms. The summed E-state index contributed by atoms with van der Waals surface area (Å²) in [5.74, 6) is 1.14. The van der Waals surface area contributed by atoms with Gasteiger partial charge in [0.2, 0.25) is 0 Å². The first-order chi connectivity index (χ1) is 9.38. The van der Waals surface area contributed by atoms with Crippen LogP contribution in [0.1, 0.15) is 12.7 Å². The minimum absolute atomic E-state index is 0.956. The van der Waals surface area contributed by atoms with Crippen molar-refractivity contribution in [1.29, 1.82) is 0 Å². The molecule has 0 saturated carbocycles. The van der Waals surface area contributed by atoms with Crippen molar-refractivity contribution >= 4 is 11.2 Å². The van der Waals surface area contributed by atoms with Crippen molar-refractivity contribution in [3.05, 3.63) is 24.2 Å². The van der Waals surface area contributed by atoms with Crippen molar-refractivity contribution < 1.29 is 0 Å². The third kappa shape index (κ3) is 2.62. The fourth-order valence-corrected chi connectivity index (χ4v) is 2.69. The second-order valence-electron chi connectivity index (χ2n) is 4.97. The number of rotatable bonds is 4. The Labute approximate surface area is 113 Å². The van der Waals surface area contributed by atoms with Gasteiger partial charge in [-0.3, -0.25) is 4.90 Å². The summed E-state index contributed by atoms with van der Waals surface area (Å²) in [6.45, 7) is 8.70. The summed E-state index contributed by atoms with van der Waals surface area (Å²) < 4.78 is 2.28. The highest BCUT2D eigenvalue weighted by Gasteiger charge is 2.13. The quantitative estimate of drug-likeness (QED) is 0.886. The van der Waals surface area contributed by atoms with Gasteiger partial charge in [-0.2, -0.15) is 0 Å². The van der Waals surface area contributed by atoms with Gasteiger partial charge in [-0.15, -0.1) is 0 Å². The van der Waals surface area contributed by atoms with E-state index in [4.69, 9.17) is 0 Å². The largest absolute Gasteiger partial charge is 0.314 e. The topological polar surface area (TPSA) is 46.0 Å². The van der Waals surface area contributed by atoms with Crippen molar-refractivity contribution in [2.75, 3.05) is 32.7 Å². The molecule has 1 N–H and O–H groups in total. The van der Waals surface area contributed by atoms with Crippen LogP contribution >= 0.6 is 0 Å². The number of pyridine rings is 1. The maximum atomic E-state index is 4.66.